The molecule has 0 saturated carbocycles. The predicted octanol–water partition coefficient (Wildman–Crippen LogP) is 6.05. The Labute approximate surface area is 216 Å². The van der Waals surface area contributed by atoms with Gasteiger partial charge in [-0.05, 0) is 24.3 Å². The fraction of sp³-hybridized carbons (Fsp3) is 0.161. The van der Waals surface area contributed by atoms with Crippen LogP contribution in [0, 0.1) is 0 Å². The summed E-state index contributed by atoms with van der Waals surface area (Å²) in [5.41, 5.74) is 0.927. The second kappa shape index (κ2) is 12.4. The summed E-state index contributed by atoms with van der Waals surface area (Å²) < 4.78 is 23.3. The lowest BCUT2D eigenvalue weighted by atomic mass is 9.96. The van der Waals surface area contributed by atoms with Crippen molar-refractivity contribution in [1.29, 1.82) is 0 Å². The van der Waals surface area contributed by atoms with Crippen LogP contribution in [-0.4, -0.2) is 38.0 Å². The van der Waals surface area contributed by atoms with E-state index in [1.807, 2.05) is 24.3 Å². The number of carbonyl (C=O) groups excluding carboxylic acids is 2. The first-order valence-electron chi connectivity index (χ1n) is 11.9. The topological polar surface area (TPSA) is 71.1 Å². The van der Waals surface area contributed by atoms with Crippen molar-refractivity contribution in [2.75, 3.05) is 14.2 Å². The summed E-state index contributed by atoms with van der Waals surface area (Å²) in [5, 5.41) is 0. The van der Waals surface area contributed by atoms with E-state index in [4.69, 9.17) is 18.9 Å². The molecule has 0 radical (unpaired) electrons. The van der Waals surface area contributed by atoms with E-state index in [1.54, 1.807) is 84.9 Å². The molecule has 0 aliphatic rings. The molecular formula is C31H28O6. The van der Waals surface area contributed by atoms with E-state index >= 15 is 0 Å². The number of hydrogen-bond donors (Lipinski definition) is 0. The van der Waals surface area contributed by atoms with Gasteiger partial charge in [0, 0.05) is 17.5 Å². The number of Topliss-reactive ketones (excluding diaryl/α,β-unsaturated/α-hetero) is 2. The van der Waals surface area contributed by atoms with Gasteiger partial charge >= 0.3 is 0 Å². The van der Waals surface area contributed by atoms with Crippen molar-refractivity contribution < 1.29 is 28.5 Å². The van der Waals surface area contributed by atoms with Crippen molar-refractivity contribution in [2.45, 2.75) is 18.6 Å². The van der Waals surface area contributed by atoms with E-state index in [1.165, 1.54) is 14.2 Å². The maximum atomic E-state index is 13.7. The van der Waals surface area contributed by atoms with Crippen LogP contribution in [-0.2, 0) is 0 Å². The molecule has 37 heavy (non-hydrogen) atoms. The third-order valence-corrected chi connectivity index (χ3v) is 5.81. The largest absolute Gasteiger partial charge is 0.493 e. The molecule has 6 heteroatoms. The molecule has 0 aliphatic carbocycles. The molecule has 2 unspecified atom stereocenters. The van der Waals surface area contributed by atoms with Crippen LogP contribution < -0.4 is 18.9 Å². The number of hydrogen-bond acceptors (Lipinski definition) is 6. The molecule has 188 valence electrons. The van der Waals surface area contributed by atoms with Crippen LogP contribution in [0.4, 0.5) is 0 Å². The lowest BCUT2D eigenvalue weighted by Crippen LogP contribution is -2.38. The quantitative estimate of drug-likeness (QED) is 0.222. The highest BCUT2D eigenvalue weighted by molar-refractivity contribution is 6.02. The van der Waals surface area contributed by atoms with Gasteiger partial charge in [-0.1, -0.05) is 84.9 Å². The number of rotatable bonds is 12. The average molecular weight is 497 g/mol. The molecule has 0 spiro atoms. The van der Waals surface area contributed by atoms with E-state index in [2.05, 4.69) is 0 Å². The fourth-order valence-electron chi connectivity index (χ4n) is 3.93. The zero-order valence-corrected chi connectivity index (χ0v) is 20.7. The number of ether oxygens (including phenoxy) is 4. The molecule has 6 nitrogen and oxygen atoms in total. The van der Waals surface area contributed by atoms with Gasteiger partial charge < -0.3 is 18.9 Å². The van der Waals surface area contributed by atoms with Crippen molar-refractivity contribution in [2.24, 2.45) is 0 Å². The highest BCUT2D eigenvalue weighted by atomic mass is 16.5. The highest BCUT2D eigenvalue weighted by Crippen LogP contribution is 2.31. The average Bonchev–Trinajstić information content (AvgIpc) is 2.97. The molecule has 4 aromatic rings. The Bertz CT molecular complexity index is 1220. The molecule has 0 N–H and O–H groups in total. The highest BCUT2D eigenvalue weighted by Gasteiger charge is 2.33. The first kappa shape index (κ1) is 25.5. The van der Waals surface area contributed by atoms with Gasteiger partial charge in [0.2, 0.25) is 11.6 Å². The standard InChI is InChI=1S/C31H28O6/c1-34-24-17-9-11-19-26(24)36-28(30(32)22-13-5-3-6-14-22)21-29(31(33)23-15-7-4-8-16-23)37-27-20-12-10-18-25(27)35-2/h3-20,28-29H,21H2,1-2H3. The monoisotopic (exact) mass is 496 g/mol. The lowest BCUT2D eigenvalue weighted by Gasteiger charge is -2.25. The zero-order valence-electron chi connectivity index (χ0n) is 20.7. The van der Waals surface area contributed by atoms with Crippen LogP contribution in [0.3, 0.4) is 0 Å². The molecule has 0 aliphatic heterocycles. The summed E-state index contributed by atoms with van der Waals surface area (Å²) in [6.45, 7) is 0. The Balaban J connectivity index is 1.72. The van der Waals surface area contributed by atoms with E-state index in [0.29, 0.717) is 34.1 Å². The zero-order chi connectivity index (χ0) is 26.0. The number of methoxy groups -OCH3 is 2. The Morgan fingerprint density at radius 3 is 1.19 bits per heavy atom. The molecule has 0 bridgehead atoms. The summed E-state index contributed by atoms with van der Waals surface area (Å²) in [6, 6.07) is 31.8. The summed E-state index contributed by atoms with van der Waals surface area (Å²) in [6.07, 6.45) is -2.12. The van der Waals surface area contributed by atoms with Crippen LogP contribution >= 0.6 is 0 Å². The molecule has 0 aromatic heterocycles. The third kappa shape index (κ3) is 6.35. The molecule has 0 heterocycles. The van der Waals surface area contributed by atoms with Crippen LogP contribution in [0.25, 0.3) is 0 Å². The first-order chi connectivity index (χ1) is 18.1. The minimum absolute atomic E-state index is 0.0441. The van der Waals surface area contributed by atoms with Gasteiger partial charge in [0.25, 0.3) is 0 Å². The Morgan fingerprint density at radius 2 is 0.838 bits per heavy atom. The van der Waals surface area contributed by atoms with Gasteiger partial charge in [0.1, 0.15) is 0 Å². The molecule has 4 rings (SSSR count). The minimum atomic E-state index is -1.04. The van der Waals surface area contributed by atoms with Crippen molar-refractivity contribution in [3.63, 3.8) is 0 Å². The van der Waals surface area contributed by atoms with E-state index < -0.39 is 12.2 Å². The van der Waals surface area contributed by atoms with Gasteiger partial charge in [-0.2, -0.15) is 0 Å². The maximum absolute atomic E-state index is 13.7. The Kier molecular flexibility index (Phi) is 8.55. The minimum Gasteiger partial charge on any atom is -0.493 e. The Morgan fingerprint density at radius 1 is 0.514 bits per heavy atom. The van der Waals surface area contributed by atoms with Crippen LogP contribution in [0.1, 0.15) is 27.1 Å². The van der Waals surface area contributed by atoms with Crippen LogP contribution in [0.15, 0.2) is 109 Å². The SMILES string of the molecule is COc1ccccc1OC(CC(Oc1ccccc1OC)C(=O)c1ccccc1)C(=O)c1ccccc1. The van der Waals surface area contributed by atoms with Crippen molar-refractivity contribution in [1.82, 2.24) is 0 Å². The van der Waals surface area contributed by atoms with E-state index in [-0.39, 0.29) is 18.0 Å². The van der Waals surface area contributed by atoms with Gasteiger partial charge in [-0.3, -0.25) is 9.59 Å². The van der Waals surface area contributed by atoms with Crippen molar-refractivity contribution >= 4 is 11.6 Å². The van der Waals surface area contributed by atoms with Gasteiger partial charge in [0.15, 0.2) is 35.2 Å². The fourth-order valence-corrected chi connectivity index (χ4v) is 3.93. The van der Waals surface area contributed by atoms with Crippen molar-refractivity contribution in [3.05, 3.63) is 120 Å². The van der Waals surface area contributed by atoms with Gasteiger partial charge in [-0.25, -0.2) is 0 Å². The lowest BCUT2D eigenvalue weighted by molar-refractivity contribution is 0.0579. The molecular weight excluding hydrogens is 468 g/mol. The number of para-hydroxylation sites is 4. The maximum Gasteiger partial charge on any atom is 0.203 e. The summed E-state index contributed by atoms with van der Waals surface area (Å²) in [5.74, 6) is 1.18. The molecule has 2 atom stereocenters. The van der Waals surface area contributed by atoms with Gasteiger partial charge in [0.05, 0.1) is 14.2 Å². The second-order valence-corrected chi connectivity index (χ2v) is 8.21. The summed E-state index contributed by atoms with van der Waals surface area (Å²) in [7, 11) is 3.06. The first-order valence-corrected chi connectivity index (χ1v) is 11.9. The smallest absolute Gasteiger partial charge is 0.203 e. The molecule has 4 aromatic carbocycles. The molecule has 0 amide bonds. The Hall–Kier alpha value is -4.58. The van der Waals surface area contributed by atoms with E-state index in [9.17, 15) is 9.59 Å². The predicted molar refractivity (Wildman–Crippen MR) is 141 cm³/mol. The normalized spacial score (nSPS) is 12.2. The van der Waals surface area contributed by atoms with E-state index in [0.717, 1.165) is 0 Å². The van der Waals surface area contributed by atoms with Crippen molar-refractivity contribution in [3.8, 4) is 23.0 Å². The number of carbonyl (C=O) groups is 2. The van der Waals surface area contributed by atoms with Gasteiger partial charge in [-0.15, -0.1) is 0 Å². The van der Waals surface area contributed by atoms with Crippen LogP contribution in [0.2, 0.25) is 0 Å². The molecule has 0 fully saturated rings. The second-order valence-electron chi connectivity index (χ2n) is 8.21. The third-order valence-electron chi connectivity index (χ3n) is 5.81. The summed E-state index contributed by atoms with van der Waals surface area (Å²) in [4.78, 5) is 27.3. The molecule has 0 saturated heterocycles. The summed E-state index contributed by atoms with van der Waals surface area (Å²) >= 11 is 0. The van der Waals surface area contributed by atoms with Crippen LogP contribution in [0.5, 0.6) is 23.0 Å². The number of benzene rings is 4. The number of ketones is 2.